The zero-order valence-electron chi connectivity index (χ0n) is 13.1. The molecule has 1 heterocycles. The van der Waals surface area contributed by atoms with Crippen molar-refractivity contribution in [3.63, 3.8) is 0 Å². The van der Waals surface area contributed by atoms with E-state index in [2.05, 4.69) is 10.6 Å². The van der Waals surface area contributed by atoms with E-state index < -0.39 is 29.9 Å². The second kappa shape index (κ2) is 6.24. The lowest BCUT2D eigenvalue weighted by Gasteiger charge is -2.20. The van der Waals surface area contributed by atoms with Crippen molar-refractivity contribution in [2.75, 3.05) is 0 Å². The zero-order valence-corrected chi connectivity index (χ0v) is 13.1. The van der Waals surface area contributed by atoms with Crippen molar-refractivity contribution in [1.29, 1.82) is 0 Å². The molecule has 1 saturated carbocycles. The number of carboxylic acid groups (broad SMARTS) is 1. The Morgan fingerprint density at radius 2 is 2.05 bits per heavy atom. The van der Waals surface area contributed by atoms with Gasteiger partial charge >= 0.3 is 5.97 Å². The largest absolute Gasteiger partial charge is 0.480 e. The number of aliphatic carboxylic acids is 1. The topological polar surface area (TPSA) is 122 Å². The first-order valence-corrected chi connectivity index (χ1v) is 7.79. The Kier molecular flexibility index (Phi) is 4.75. The number of carbonyl (C=O) groups excluding carboxylic acids is 2. The Balaban J connectivity index is 1.90. The molecule has 0 radical (unpaired) electrons. The lowest BCUT2D eigenvalue weighted by atomic mass is 9.91. The summed E-state index contributed by atoms with van der Waals surface area (Å²) >= 11 is 0. The summed E-state index contributed by atoms with van der Waals surface area (Å²) < 4.78 is 0. The Labute approximate surface area is 130 Å². The first kappa shape index (κ1) is 16.7. The van der Waals surface area contributed by atoms with Crippen molar-refractivity contribution in [3.8, 4) is 0 Å². The van der Waals surface area contributed by atoms with Gasteiger partial charge in [-0.2, -0.15) is 0 Å². The average molecular weight is 311 g/mol. The zero-order chi connectivity index (χ0) is 16.5. The molecule has 5 N–H and O–H groups in total. The van der Waals surface area contributed by atoms with Crippen molar-refractivity contribution >= 4 is 17.8 Å². The van der Waals surface area contributed by atoms with Gasteiger partial charge in [-0.05, 0) is 39.0 Å². The lowest BCUT2D eigenvalue weighted by molar-refractivity contribution is -0.142. The van der Waals surface area contributed by atoms with Gasteiger partial charge in [0.15, 0.2) is 0 Å². The highest BCUT2D eigenvalue weighted by Gasteiger charge is 2.40. The standard InChI is InChI=1S/C15H25N3O4/c1-15(2)7-9(12(19)18-15)6-11(14(21)22)17-13(20)10(16)5-8-3-4-8/h8-11H,3-7,16H2,1-2H3,(H,17,20)(H,18,19)(H,21,22)/t9?,10-,11-/m0/s1. The Bertz CT molecular complexity index is 473. The molecule has 124 valence electrons. The van der Waals surface area contributed by atoms with Gasteiger partial charge in [0.05, 0.1) is 6.04 Å². The molecule has 0 aromatic heterocycles. The predicted octanol–water partition coefficient (Wildman–Crippen LogP) is -0.0120. The monoisotopic (exact) mass is 311 g/mol. The van der Waals surface area contributed by atoms with Crippen LogP contribution in [0.25, 0.3) is 0 Å². The molecule has 1 unspecified atom stereocenters. The van der Waals surface area contributed by atoms with Crippen LogP contribution in [0.15, 0.2) is 0 Å². The van der Waals surface area contributed by atoms with Gasteiger partial charge in [0.25, 0.3) is 0 Å². The summed E-state index contributed by atoms with van der Waals surface area (Å²) in [6, 6.07) is -1.76. The third kappa shape index (κ3) is 4.43. The van der Waals surface area contributed by atoms with Crippen LogP contribution in [0.4, 0.5) is 0 Å². The molecule has 1 aliphatic carbocycles. The first-order valence-electron chi connectivity index (χ1n) is 7.79. The minimum atomic E-state index is -1.13. The average Bonchev–Trinajstić information content (AvgIpc) is 3.14. The number of amides is 2. The van der Waals surface area contributed by atoms with E-state index >= 15 is 0 Å². The third-order valence-electron chi connectivity index (χ3n) is 4.34. The summed E-state index contributed by atoms with van der Waals surface area (Å²) in [6.45, 7) is 3.79. The fourth-order valence-electron chi connectivity index (χ4n) is 2.99. The second-order valence-corrected chi connectivity index (χ2v) is 7.19. The van der Waals surface area contributed by atoms with Crippen LogP contribution in [0.1, 0.15) is 46.0 Å². The fourth-order valence-corrected chi connectivity index (χ4v) is 2.99. The third-order valence-corrected chi connectivity index (χ3v) is 4.34. The lowest BCUT2D eigenvalue weighted by Crippen LogP contribution is -2.49. The highest BCUT2D eigenvalue weighted by molar-refractivity contribution is 5.88. The van der Waals surface area contributed by atoms with E-state index in [0.717, 1.165) is 12.8 Å². The van der Waals surface area contributed by atoms with Crippen molar-refractivity contribution in [2.24, 2.45) is 17.6 Å². The van der Waals surface area contributed by atoms with Crippen molar-refractivity contribution in [1.82, 2.24) is 10.6 Å². The van der Waals surface area contributed by atoms with Crippen LogP contribution in [0.3, 0.4) is 0 Å². The van der Waals surface area contributed by atoms with Gasteiger partial charge in [0.1, 0.15) is 6.04 Å². The van der Waals surface area contributed by atoms with Gasteiger partial charge in [-0.1, -0.05) is 12.8 Å². The number of carboxylic acids is 1. The maximum absolute atomic E-state index is 12.0. The summed E-state index contributed by atoms with van der Waals surface area (Å²) in [7, 11) is 0. The van der Waals surface area contributed by atoms with Gasteiger partial charge in [-0.25, -0.2) is 4.79 Å². The van der Waals surface area contributed by atoms with Gasteiger partial charge in [0, 0.05) is 11.5 Å². The van der Waals surface area contributed by atoms with Crippen LogP contribution in [0.5, 0.6) is 0 Å². The second-order valence-electron chi connectivity index (χ2n) is 7.19. The Morgan fingerprint density at radius 3 is 2.50 bits per heavy atom. The first-order chi connectivity index (χ1) is 10.2. The fraction of sp³-hybridized carbons (Fsp3) is 0.800. The smallest absolute Gasteiger partial charge is 0.326 e. The molecule has 1 aliphatic heterocycles. The predicted molar refractivity (Wildman–Crippen MR) is 79.8 cm³/mol. The Morgan fingerprint density at radius 1 is 1.41 bits per heavy atom. The summed E-state index contributed by atoms with van der Waals surface area (Å²) in [5, 5.41) is 14.6. The normalized spacial score (nSPS) is 26.1. The van der Waals surface area contributed by atoms with Crippen LogP contribution in [-0.4, -0.2) is 40.5 Å². The maximum Gasteiger partial charge on any atom is 0.326 e. The highest BCUT2D eigenvalue weighted by atomic mass is 16.4. The number of carbonyl (C=O) groups is 3. The summed E-state index contributed by atoms with van der Waals surface area (Å²) in [5.41, 5.74) is 5.46. The van der Waals surface area contributed by atoms with Gasteiger partial charge in [-0.15, -0.1) is 0 Å². The molecule has 22 heavy (non-hydrogen) atoms. The molecule has 1 saturated heterocycles. The van der Waals surface area contributed by atoms with Gasteiger partial charge in [-0.3, -0.25) is 9.59 Å². The SMILES string of the molecule is CC1(C)CC(C[C@H](NC(=O)[C@@H](N)CC2CC2)C(=O)O)C(=O)N1. The van der Waals surface area contributed by atoms with Crippen molar-refractivity contribution < 1.29 is 19.5 Å². The molecule has 2 aliphatic rings. The molecule has 2 rings (SSSR count). The van der Waals surface area contributed by atoms with Crippen LogP contribution in [0.2, 0.25) is 0 Å². The highest BCUT2D eigenvalue weighted by Crippen LogP contribution is 2.33. The molecule has 0 spiro atoms. The van der Waals surface area contributed by atoms with Crippen molar-refractivity contribution in [3.05, 3.63) is 0 Å². The van der Waals surface area contributed by atoms with Crippen molar-refractivity contribution in [2.45, 2.75) is 63.6 Å². The van der Waals surface area contributed by atoms with E-state index in [1.807, 2.05) is 13.8 Å². The van der Waals surface area contributed by atoms with E-state index in [-0.39, 0.29) is 17.9 Å². The van der Waals surface area contributed by atoms with E-state index in [9.17, 15) is 19.5 Å². The minimum absolute atomic E-state index is 0.0898. The number of hydrogen-bond acceptors (Lipinski definition) is 4. The summed E-state index contributed by atoms with van der Waals surface area (Å²) in [6.07, 6.45) is 3.41. The molecule has 2 amide bonds. The van der Waals surface area contributed by atoms with E-state index in [1.54, 1.807) is 0 Å². The number of rotatable bonds is 7. The van der Waals surface area contributed by atoms with Crippen LogP contribution >= 0.6 is 0 Å². The molecule has 7 heteroatoms. The molecule has 3 atom stereocenters. The number of nitrogens with one attached hydrogen (secondary N) is 2. The molecule has 2 fully saturated rings. The maximum atomic E-state index is 12.0. The molecular formula is C15H25N3O4. The molecular weight excluding hydrogens is 286 g/mol. The quantitative estimate of drug-likeness (QED) is 0.527. The molecule has 0 aromatic carbocycles. The van der Waals surface area contributed by atoms with Gasteiger partial charge in [0.2, 0.25) is 11.8 Å². The number of hydrogen-bond donors (Lipinski definition) is 4. The molecule has 0 aromatic rings. The van der Waals surface area contributed by atoms with Crippen LogP contribution < -0.4 is 16.4 Å². The minimum Gasteiger partial charge on any atom is -0.480 e. The van der Waals surface area contributed by atoms with Crippen LogP contribution in [-0.2, 0) is 14.4 Å². The Hall–Kier alpha value is -1.63. The van der Waals surface area contributed by atoms with E-state index in [1.165, 1.54) is 0 Å². The van der Waals surface area contributed by atoms with E-state index in [4.69, 9.17) is 5.73 Å². The molecule has 0 bridgehead atoms. The van der Waals surface area contributed by atoms with Crippen LogP contribution in [0, 0.1) is 11.8 Å². The number of nitrogens with two attached hydrogens (primary N) is 1. The van der Waals surface area contributed by atoms with Gasteiger partial charge < -0.3 is 21.5 Å². The molecule has 7 nitrogen and oxygen atoms in total. The van der Waals surface area contributed by atoms with E-state index in [0.29, 0.717) is 18.8 Å². The summed E-state index contributed by atoms with van der Waals surface area (Å²) in [4.78, 5) is 35.2. The summed E-state index contributed by atoms with van der Waals surface area (Å²) in [5.74, 6) is -1.66.